The number of nitrogens with one attached hydrogen (secondary N) is 3. The minimum Gasteiger partial charge on any atom is -0.480 e. The molecule has 5 amide bonds. The molecule has 2 unspecified atom stereocenters. The molecule has 0 radical (unpaired) electrons. The molecular formula is C43H62N6O12. The van der Waals surface area contributed by atoms with Crippen molar-refractivity contribution >= 4 is 35.5 Å². The summed E-state index contributed by atoms with van der Waals surface area (Å²) in [5.74, 6) is -3.93. The number of carbonyl (C=O) groups excluding carboxylic acids is 5. The zero-order chi connectivity index (χ0) is 44.5. The van der Waals surface area contributed by atoms with E-state index in [0.29, 0.717) is 32.2 Å². The number of hydrogen-bond acceptors (Lipinski definition) is 12. The first-order valence-electron chi connectivity index (χ1n) is 20.9. The van der Waals surface area contributed by atoms with E-state index in [1.807, 2.05) is 67.6 Å². The molecule has 2 saturated heterocycles. The van der Waals surface area contributed by atoms with Gasteiger partial charge >= 0.3 is 5.97 Å². The van der Waals surface area contributed by atoms with E-state index in [0.717, 1.165) is 16.0 Å². The molecular weight excluding hydrogens is 793 g/mol. The van der Waals surface area contributed by atoms with Crippen LogP contribution >= 0.6 is 0 Å². The van der Waals surface area contributed by atoms with Gasteiger partial charge in [0.1, 0.15) is 36.4 Å². The lowest BCUT2D eigenvalue weighted by atomic mass is 9.95. The van der Waals surface area contributed by atoms with Gasteiger partial charge in [0, 0.05) is 38.4 Å². The Morgan fingerprint density at radius 1 is 0.934 bits per heavy atom. The Bertz CT molecular complexity index is 1740. The quantitative estimate of drug-likeness (QED) is 0.0825. The first-order valence-corrected chi connectivity index (χ1v) is 20.9. The van der Waals surface area contributed by atoms with E-state index in [1.54, 1.807) is 6.92 Å². The Morgan fingerprint density at radius 3 is 2.25 bits per heavy atom. The Labute approximate surface area is 356 Å². The minimum absolute atomic E-state index is 0.0819. The van der Waals surface area contributed by atoms with Crippen LogP contribution in [-0.2, 0) is 59.1 Å². The third kappa shape index (κ3) is 15.2. The standard InChI is InChI=1S/C43H62N6O12/c1-5-14-34(51)46-22-13-12-19-31(41(55)56)48-35(52)21-20-32(39(45)53)49(40(54)27(3)44)23-26(2)59-38-36(47-28(4)50)43(57-24-29-15-8-6-9-16-29)60-33-25-58-42(61-37(33)38)30-17-10-7-11-18-30/h6-11,15-18,26-27,31-33,36-38,42-43H,5,12-14,19-25,44H2,1-4H3,(H2,45,53)(H,46,51)(H,47,50)(H,48,52)(H,55,56)/t26?,27-,31-,32+,33+,36+,37+,38+,42?,43+/m0/s1. The van der Waals surface area contributed by atoms with Crippen LogP contribution in [0, 0.1) is 0 Å². The van der Waals surface area contributed by atoms with Gasteiger partial charge in [0.15, 0.2) is 12.6 Å². The van der Waals surface area contributed by atoms with Crippen molar-refractivity contribution in [1.82, 2.24) is 20.9 Å². The van der Waals surface area contributed by atoms with Crippen LogP contribution in [0.4, 0.5) is 0 Å². The topological polar surface area (TPSA) is 260 Å². The van der Waals surface area contributed by atoms with Crippen LogP contribution in [0.15, 0.2) is 60.7 Å². The van der Waals surface area contributed by atoms with Crippen molar-refractivity contribution in [2.75, 3.05) is 19.7 Å². The molecule has 4 rings (SSSR count). The van der Waals surface area contributed by atoms with E-state index < -0.39 is 90.8 Å². The van der Waals surface area contributed by atoms with Gasteiger partial charge in [-0.2, -0.15) is 0 Å². The van der Waals surface area contributed by atoms with Crippen molar-refractivity contribution in [2.24, 2.45) is 11.5 Å². The Balaban J connectivity index is 1.51. The fourth-order valence-electron chi connectivity index (χ4n) is 7.28. The Kier molecular flexibility index (Phi) is 19.5. The van der Waals surface area contributed by atoms with Crippen LogP contribution in [0.3, 0.4) is 0 Å². The van der Waals surface area contributed by atoms with Gasteiger partial charge in [-0.3, -0.25) is 24.0 Å². The summed E-state index contributed by atoms with van der Waals surface area (Å²) in [6, 6.07) is 14.1. The van der Waals surface area contributed by atoms with Crippen molar-refractivity contribution in [2.45, 2.75) is 140 Å². The van der Waals surface area contributed by atoms with Crippen LogP contribution < -0.4 is 27.4 Å². The van der Waals surface area contributed by atoms with Gasteiger partial charge < -0.3 is 61.1 Å². The van der Waals surface area contributed by atoms with Crippen molar-refractivity contribution in [3.63, 3.8) is 0 Å². The van der Waals surface area contributed by atoms with E-state index in [1.165, 1.54) is 13.8 Å². The molecule has 0 aliphatic carbocycles. The second-order valence-corrected chi connectivity index (χ2v) is 15.4. The number of carbonyl (C=O) groups is 6. The molecule has 2 aliphatic rings. The first-order chi connectivity index (χ1) is 29.2. The maximum atomic E-state index is 13.7. The second-order valence-electron chi connectivity index (χ2n) is 15.4. The molecule has 0 bridgehead atoms. The van der Waals surface area contributed by atoms with Crippen LogP contribution in [-0.4, -0.2) is 120 Å². The SMILES string of the molecule is CCCC(=O)NCCCC[C@H](NC(=O)CC[C@H](C(N)=O)N(CC(C)O[C@@H]1[C@@H](NC(C)=O)[C@H](OCc2ccccc2)O[C@@H]2COC(c3ccccc3)O[C@@H]12)C(=O)[C@H](C)N)C(=O)O. The number of aliphatic carboxylic acids is 1. The number of rotatable bonds is 24. The van der Waals surface area contributed by atoms with Gasteiger partial charge in [0.25, 0.3) is 0 Å². The molecule has 2 aliphatic heterocycles. The Morgan fingerprint density at radius 2 is 1.62 bits per heavy atom. The first kappa shape index (κ1) is 48.7. The molecule has 10 atom stereocenters. The third-order valence-electron chi connectivity index (χ3n) is 10.3. The summed E-state index contributed by atoms with van der Waals surface area (Å²) in [7, 11) is 0. The van der Waals surface area contributed by atoms with Gasteiger partial charge in [-0.05, 0) is 51.5 Å². The molecule has 0 spiro atoms. The van der Waals surface area contributed by atoms with Gasteiger partial charge in [0.05, 0.1) is 25.4 Å². The highest BCUT2D eigenvalue weighted by Gasteiger charge is 2.52. The number of nitrogens with two attached hydrogens (primary N) is 2. The summed E-state index contributed by atoms with van der Waals surface area (Å²) in [5, 5.41) is 18.0. The summed E-state index contributed by atoms with van der Waals surface area (Å²) in [5.41, 5.74) is 13.5. The molecule has 0 aromatic heterocycles. The number of nitrogens with zero attached hydrogens (tertiary/aromatic N) is 1. The number of fused-ring (bicyclic) bond motifs is 1. The highest BCUT2D eigenvalue weighted by molar-refractivity contribution is 5.89. The molecule has 0 saturated carbocycles. The molecule has 336 valence electrons. The lowest BCUT2D eigenvalue weighted by molar-refractivity contribution is -0.352. The monoisotopic (exact) mass is 854 g/mol. The average Bonchev–Trinajstić information content (AvgIpc) is 3.22. The fourth-order valence-corrected chi connectivity index (χ4v) is 7.28. The maximum Gasteiger partial charge on any atom is 0.326 e. The summed E-state index contributed by atoms with van der Waals surface area (Å²) in [4.78, 5) is 77.4. The number of ether oxygens (including phenoxy) is 5. The fraction of sp³-hybridized carbons (Fsp3) is 0.581. The third-order valence-corrected chi connectivity index (χ3v) is 10.3. The smallest absolute Gasteiger partial charge is 0.326 e. The molecule has 18 heteroatoms. The lowest BCUT2D eigenvalue weighted by Crippen LogP contribution is -2.68. The van der Waals surface area contributed by atoms with Crippen molar-refractivity contribution < 1.29 is 57.6 Å². The summed E-state index contributed by atoms with van der Waals surface area (Å²) < 4.78 is 31.9. The molecule has 2 heterocycles. The molecule has 8 N–H and O–H groups in total. The minimum atomic E-state index is -1.33. The highest BCUT2D eigenvalue weighted by atomic mass is 16.8. The number of amides is 5. The zero-order valence-electron chi connectivity index (χ0n) is 35.4. The van der Waals surface area contributed by atoms with Crippen LogP contribution in [0.1, 0.15) is 90.1 Å². The predicted octanol–water partition coefficient (Wildman–Crippen LogP) is 1.79. The van der Waals surface area contributed by atoms with Gasteiger partial charge in [0.2, 0.25) is 29.5 Å². The van der Waals surface area contributed by atoms with Crippen LogP contribution in [0.5, 0.6) is 0 Å². The van der Waals surface area contributed by atoms with E-state index in [-0.39, 0.29) is 44.9 Å². The number of primary amides is 1. The lowest BCUT2D eigenvalue weighted by Gasteiger charge is -2.50. The molecule has 2 aromatic carbocycles. The van der Waals surface area contributed by atoms with Crippen molar-refractivity contribution in [3.8, 4) is 0 Å². The molecule has 61 heavy (non-hydrogen) atoms. The number of hydrogen-bond donors (Lipinski definition) is 6. The summed E-state index contributed by atoms with van der Waals surface area (Å²) in [6.45, 7) is 6.76. The average molecular weight is 855 g/mol. The van der Waals surface area contributed by atoms with Crippen molar-refractivity contribution in [3.05, 3.63) is 71.8 Å². The largest absolute Gasteiger partial charge is 0.480 e. The number of benzene rings is 2. The van der Waals surface area contributed by atoms with E-state index in [4.69, 9.17) is 35.2 Å². The van der Waals surface area contributed by atoms with Crippen LogP contribution in [0.25, 0.3) is 0 Å². The second kappa shape index (κ2) is 24.5. The zero-order valence-corrected chi connectivity index (χ0v) is 35.4. The highest BCUT2D eigenvalue weighted by Crippen LogP contribution is 2.36. The van der Waals surface area contributed by atoms with Gasteiger partial charge in [-0.25, -0.2) is 4.79 Å². The Hall–Kier alpha value is -4.98. The predicted molar refractivity (Wildman–Crippen MR) is 221 cm³/mol. The summed E-state index contributed by atoms with van der Waals surface area (Å²) in [6.07, 6.45) is -3.57. The maximum absolute atomic E-state index is 13.7. The number of carboxylic acids is 1. The molecule has 2 fully saturated rings. The molecule has 2 aromatic rings. The van der Waals surface area contributed by atoms with Crippen LogP contribution in [0.2, 0.25) is 0 Å². The number of unbranched alkanes of at least 4 members (excludes halogenated alkanes) is 1. The normalized spacial score (nSPS) is 23.0. The van der Waals surface area contributed by atoms with Gasteiger partial charge in [-0.1, -0.05) is 67.6 Å². The van der Waals surface area contributed by atoms with E-state index in [2.05, 4.69) is 16.0 Å². The van der Waals surface area contributed by atoms with E-state index in [9.17, 15) is 33.9 Å². The summed E-state index contributed by atoms with van der Waals surface area (Å²) >= 11 is 0. The van der Waals surface area contributed by atoms with E-state index >= 15 is 0 Å². The van der Waals surface area contributed by atoms with Crippen molar-refractivity contribution in [1.29, 1.82) is 0 Å². The number of carboxylic acid groups (broad SMARTS) is 1. The molecule has 18 nitrogen and oxygen atoms in total. The van der Waals surface area contributed by atoms with Gasteiger partial charge in [-0.15, -0.1) is 0 Å².